The van der Waals surface area contributed by atoms with Crippen LogP contribution in [0.2, 0.25) is 10.0 Å². The number of halogens is 3. The third kappa shape index (κ3) is 6.30. The highest BCUT2D eigenvalue weighted by molar-refractivity contribution is 9.10. The van der Waals surface area contributed by atoms with Crippen LogP contribution in [0.5, 0.6) is 0 Å². The van der Waals surface area contributed by atoms with Gasteiger partial charge in [-0.1, -0.05) is 47.5 Å². The second kappa shape index (κ2) is 11.6. The van der Waals surface area contributed by atoms with Gasteiger partial charge >= 0.3 is 0 Å². The highest BCUT2D eigenvalue weighted by Gasteiger charge is 2.28. The average Bonchev–Trinajstić information content (AvgIpc) is 3.39. The summed E-state index contributed by atoms with van der Waals surface area (Å²) >= 11 is 15.6. The van der Waals surface area contributed by atoms with Crippen LogP contribution in [0.3, 0.4) is 0 Å². The number of rotatable bonds is 8. The van der Waals surface area contributed by atoms with Crippen molar-refractivity contribution in [2.45, 2.75) is 29.9 Å². The van der Waals surface area contributed by atoms with Gasteiger partial charge in [0.1, 0.15) is 0 Å². The van der Waals surface area contributed by atoms with E-state index in [9.17, 15) is 13.2 Å². The molecular formula is C26H25BrCl2N2O4S. The minimum absolute atomic E-state index is 0.00924. The van der Waals surface area contributed by atoms with E-state index in [1.165, 1.54) is 12.1 Å². The maximum atomic E-state index is 13.7. The summed E-state index contributed by atoms with van der Waals surface area (Å²) in [4.78, 5) is 15.3. The quantitative estimate of drug-likeness (QED) is 0.335. The van der Waals surface area contributed by atoms with Crippen LogP contribution in [0, 0.1) is 0 Å². The lowest BCUT2D eigenvalue weighted by molar-refractivity contribution is 0.0754. The summed E-state index contributed by atoms with van der Waals surface area (Å²) in [5.74, 6) is -0.354. The molecule has 10 heteroatoms. The van der Waals surface area contributed by atoms with E-state index in [1.54, 1.807) is 42.3 Å². The Labute approximate surface area is 229 Å². The van der Waals surface area contributed by atoms with Gasteiger partial charge in [0.15, 0.2) is 0 Å². The number of carbonyl (C=O) groups excluding carboxylic acids is 1. The molecule has 36 heavy (non-hydrogen) atoms. The molecule has 190 valence electrons. The topological polar surface area (TPSA) is 75.7 Å². The van der Waals surface area contributed by atoms with Crippen molar-refractivity contribution < 1.29 is 17.9 Å². The SMILES string of the molecule is CN(C(=O)c1cc(S(=O)(=O)NCC2CCCO2)ccc1Br)C(c1ccc(Cl)cc1)c1ccc(Cl)cc1. The first-order valence-corrected chi connectivity index (χ1v) is 14.4. The number of hydrogen-bond donors (Lipinski definition) is 1. The van der Waals surface area contributed by atoms with Gasteiger partial charge in [-0.05, 0) is 82.4 Å². The van der Waals surface area contributed by atoms with Crippen molar-refractivity contribution in [1.29, 1.82) is 0 Å². The van der Waals surface area contributed by atoms with Gasteiger partial charge in [-0.25, -0.2) is 13.1 Å². The van der Waals surface area contributed by atoms with Crippen LogP contribution >= 0.6 is 39.1 Å². The van der Waals surface area contributed by atoms with E-state index in [0.717, 1.165) is 24.0 Å². The first-order chi connectivity index (χ1) is 17.2. The zero-order valence-electron chi connectivity index (χ0n) is 19.5. The van der Waals surface area contributed by atoms with Crippen LogP contribution in [0.1, 0.15) is 40.4 Å². The molecule has 0 spiro atoms. The molecule has 6 nitrogen and oxygen atoms in total. The summed E-state index contributed by atoms with van der Waals surface area (Å²) < 4.78 is 34.5. The molecule has 1 fully saturated rings. The van der Waals surface area contributed by atoms with E-state index in [0.29, 0.717) is 21.1 Å². The average molecular weight is 612 g/mol. The second-order valence-corrected chi connectivity index (χ2v) is 12.0. The third-order valence-corrected chi connectivity index (χ3v) is 8.70. The van der Waals surface area contributed by atoms with Gasteiger partial charge in [0.2, 0.25) is 10.0 Å². The van der Waals surface area contributed by atoms with Gasteiger partial charge in [-0.15, -0.1) is 0 Å². The number of nitrogens with one attached hydrogen (secondary N) is 1. The minimum Gasteiger partial charge on any atom is -0.377 e. The van der Waals surface area contributed by atoms with Gasteiger partial charge in [-0.3, -0.25) is 4.79 Å². The molecule has 1 aliphatic heterocycles. The van der Waals surface area contributed by atoms with Crippen LogP contribution in [0.4, 0.5) is 0 Å². The molecule has 3 aromatic carbocycles. The molecule has 0 bridgehead atoms. The van der Waals surface area contributed by atoms with Gasteiger partial charge in [0.05, 0.1) is 22.6 Å². The maximum absolute atomic E-state index is 13.7. The molecule has 0 saturated carbocycles. The Kier molecular flexibility index (Phi) is 8.75. The van der Waals surface area contributed by atoms with Gasteiger partial charge in [0, 0.05) is 34.7 Å². The predicted octanol–water partition coefficient (Wildman–Crippen LogP) is 6.07. The number of amides is 1. The molecule has 1 heterocycles. The van der Waals surface area contributed by atoms with Crippen LogP contribution in [0.25, 0.3) is 0 Å². The van der Waals surface area contributed by atoms with E-state index in [1.807, 2.05) is 24.3 Å². The van der Waals surface area contributed by atoms with Crippen molar-refractivity contribution >= 4 is 55.1 Å². The third-order valence-electron chi connectivity index (χ3n) is 6.08. The van der Waals surface area contributed by atoms with E-state index in [4.69, 9.17) is 27.9 Å². The molecule has 4 rings (SSSR count). The molecule has 0 aliphatic carbocycles. The van der Waals surface area contributed by atoms with E-state index in [-0.39, 0.29) is 29.0 Å². The zero-order valence-corrected chi connectivity index (χ0v) is 23.4. The maximum Gasteiger partial charge on any atom is 0.255 e. The number of hydrogen-bond acceptors (Lipinski definition) is 4. The summed E-state index contributed by atoms with van der Waals surface area (Å²) in [7, 11) is -2.15. The second-order valence-electron chi connectivity index (χ2n) is 8.55. The van der Waals surface area contributed by atoms with Crippen LogP contribution in [0.15, 0.2) is 76.1 Å². The van der Waals surface area contributed by atoms with Gasteiger partial charge < -0.3 is 9.64 Å². The van der Waals surface area contributed by atoms with Crippen molar-refractivity contribution in [1.82, 2.24) is 9.62 Å². The molecular weight excluding hydrogens is 587 g/mol. The molecule has 1 aliphatic rings. The van der Waals surface area contributed by atoms with Gasteiger partial charge in [0.25, 0.3) is 5.91 Å². The zero-order chi connectivity index (χ0) is 25.9. The Bertz CT molecular complexity index is 1280. The first kappa shape index (κ1) is 27.1. The number of benzene rings is 3. The van der Waals surface area contributed by atoms with E-state index < -0.39 is 16.1 Å². The van der Waals surface area contributed by atoms with Gasteiger partial charge in [-0.2, -0.15) is 0 Å². The Balaban J connectivity index is 1.65. The van der Waals surface area contributed by atoms with Crippen molar-refractivity contribution in [3.05, 3.63) is 97.9 Å². The van der Waals surface area contributed by atoms with Crippen molar-refractivity contribution in [3.8, 4) is 0 Å². The fourth-order valence-electron chi connectivity index (χ4n) is 4.16. The minimum atomic E-state index is -3.83. The van der Waals surface area contributed by atoms with E-state index in [2.05, 4.69) is 20.7 Å². The fraction of sp³-hybridized carbons (Fsp3) is 0.269. The number of ether oxygens (including phenoxy) is 1. The predicted molar refractivity (Wildman–Crippen MR) is 145 cm³/mol. The standard InChI is InChI=1S/C26H25BrCl2N2O4S/c1-31(25(17-4-8-19(28)9-5-17)18-6-10-20(29)11-7-18)26(32)23-15-22(12-13-24(23)27)36(33,34)30-16-21-3-2-14-35-21/h4-13,15,21,25,30H,2-3,14,16H2,1H3. The Morgan fingerprint density at radius 2 is 1.64 bits per heavy atom. The number of nitrogens with zero attached hydrogens (tertiary/aromatic N) is 1. The smallest absolute Gasteiger partial charge is 0.255 e. The molecule has 3 aromatic rings. The van der Waals surface area contributed by atoms with Crippen LogP contribution in [-0.2, 0) is 14.8 Å². The number of carbonyl (C=O) groups is 1. The van der Waals surface area contributed by atoms with Crippen molar-refractivity contribution in [2.24, 2.45) is 0 Å². The molecule has 1 atom stereocenters. The summed E-state index contributed by atoms with van der Waals surface area (Å²) in [5, 5.41) is 1.16. The highest BCUT2D eigenvalue weighted by atomic mass is 79.9. The summed E-state index contributed by atoms with van der Waals surface area (Å²) in [6, 6.07) is 18.5. The van der Waals surface area contributed by atoms with Crippen LogP contribution in [-0.4, -0.2) is 45.5 Å². The molecule has 0 aromatic heterocycles. The Morgan fingerprint density at radius 3 is 2.17 bits per heavy atom. The summed E-state index contributed by atoms with van der Waals surface area (Å²) in [6.45, 7) is 0.828. The molecule has 1 saturated heterocycles. The summed E-state index contributed by atoms with van der Waals surface area (Å²) in [6.07, 6.45) is 1.59. The van der Waals surface area contributed by atoms with Crippen molar-refractivity contribution in [2.75, 3.05) is 20.2 Å². The Hall–Kier alpha value is -1.94. The molecule has 0 radical (unpaired) electrons. The largest absolute Gasteiger partial charge is 0.377 e. The number of sulfonamides is 1. The monoisotopic (exact) mass is 610 g/mol. The highest BCUT2D eigenvalue weighted by Crippen LogP contribution is 2.32. The normalized spacial score (nSPS) is 15.9. The molecule has 1 unspecified atom stereocenters. The lowest BCUT2D eigenvalue weighted by atomic mass is 9.96. The Morgan fingerprint density at radius 1 is 1.06 bits per heavy atom. The summed E-state index contributed by atoms with van der Waals surface area (Å²) in [5.41, 5.74) is 1.91. The lowest BCUT2D eigenvalue weighted by Crippen LogP contribution is -2.33. The fourth-order valence-corrected chi connectivity index (χ4v) is 5.92. The molecule has 1 amide bonds. The lowest BCUT2D eigenvalue weighted by Gasteiger charge is -2.30. The van der Waals surface area contributed by atoms with Crippen molar-refractivity contribution in [3.63, 3.8) is 0 Å². The molecule has 1 N–H and O–H groups in total. The first-order valence-electron chi connectivity index (χ1n) is 11.3. The van der Waals surface area contributed by atoms with E-state index >= 15 is 0 Å². The van der Waals surface area contributed by atoms with Crippen LogP contribution < -0.4 is 4.72 Å².